The quantitative estimate of drug-likeness (QED) is 0.763. The molecule has 0 fully saturated rings. The van der Waals surface area contributed by atoms with Gasteiger partial charge in [0.1, 0.15) is 12.2 Å². The first kappa shape index (κ1) is 9.56. The van der Waals surface area contributed by atoms with Gasteiger partial charge < -0.3 is 5.11 Å². The maximum atomic E-state index is 12.1. The van der Waals surface area contributed by atoms with E-state index in [1.165, 1.54) is 0 Å². The Labute approximate surface area is 70.6 Å². The van der Waals surface area contributed by atoms with E-state index in [1.807, 2.05) is 0 Å². The minimum absolute atomic E-state index is 0.124. The monoisotopic (exact) mass is 194 g/mol. The lowest BCUT2D eigenvalue weighted by atomic mass is 10.4. The molecular weight excluding hydrogens is 189 g/mol. The summed E-state index contributed by atoms with van der Waals surface area (Å²) in [6.07, 6.45) is -3.77. The molecule has 0 aliphatic rings. The van der Waals surface area contributed by atoms with E-state index >= 15 is 0 Å². The lowest BCUT2D eigenvalue weighted by molar-refractivity contribution is -0.205. The highest BCUT2D eigenvalue weighted by Crippen LogP contribution is 2.23. The van der Waals surface area contributed by atoms with E-state index in [1.54, 1.807) is 0 Å². The Morgan fingerprint density at radius 3 is 2.69 bits per heavy atom. The Hall–Kier alpha value is -1.53. The SMILES string of the molecule is O=C(O)Cc1nccn1C(F)(F)F. The lowest BCUT2D eigenvalue weighted by Crippen LogP contribution is -2.20. The summed E-state index contributed by atoms with van der Waals surface area (Å²) in [6.45, 7) is 0. The van der Waals surface area contributed by atoms with Crippen molar-refractivity contribution in [2.24, 2.45) is 0 Å². The average molecular weight is 194 g/mol. The maximum Gasteiger partial charge on any atom is 0.489 e. The number of carboxylic acid groups (broad SMARTS) is 1. The zero-order chi connectivity index (χ0) is 10.1. The summed E-state index contributed by atoms with van der Waals surface area (Å²) < 4.78 is 36.1. The van der Waals surface area contributed by atoms with Crippen molar-refractivity contribution in [2.75, 3.05) is 0 Å². The fourth-order valence-electron chi connectivity index (χ4n) is 0.831. The molecule has 0 atom stereocenters. The van der Waals surface area contributed by atoms with Crippen LogP contribution in [0.1, 0.15) is 5.82 Å². The van der Waals surface area contributed by atoms with Gasteiger partial charge in [-0.1, -0.05) is 0 Å². The van der Waals surface area contributed by atoms with Crippen molar-refractivity contribution in [2.45, 2.75) is 12.7 Å². The van der Waals surface area contributed by atoms with Crippen LogP contribution in [0.2, 0.25) is 0 Å². The smallest absolute Gasteiger partial charge is 0.481 e. The van der Waals surface area contributed by atoms with Gasteiger partial charge in [0.05, 0.1) is 0 Å². The number of aromatic nitrogens is 2. The van der Waals surface area contributed by atoms with Crippen molar-refractivity contribution in [1.29, 1.82) is 0 Å². The molecule has 0 aliphatic carbocycles. The Morgan fingerprint density at radius 1 is 1.62 bits per heavy atom. The molecule has 1 rings (SSSR count). The first-order chi connectivity index (χ1) is 5.91. The number of carboxylic acids is 1. The first-order valence-corrected chi connectivity index (χ1v) is 3.22. The van der Waals surface area contributed by atoms with Crippen LogP contribution in [-0.4, -0.2) is 20.6 Å². The lowest BCUT2D eigenvalue weighted by Gasteiger charge is -2.09. The van der Waals surface area contributed by atoms with Crippen LogP contribution in [0, 0.1) is 0 Å². The number of imidazole rings is 1. The van der Waals surface area contributed by atoms with Crippen LogP contribution in [0.4, 0.5) is 13.2 Å². The topological polar surface area (TPSA) is 55.1 Å². The molecular formula is C6H5F3N2O2. The van der Waals surface area contributed by atoms with E-state index in [9.17, 15) is 18.0 Å². The van der Waals surface area contributed by atoms with E-state index in [0.717, 1.165) is 6.20 Å². The highest BCUT2D eigenvalue weighted by atomic mass is 19.4. The molecule has 1 N–H and O–H groups in total. The molecule has 0 aromatic carbocycles. The zero-order valence-corrected chi connectivity index (χ0v) is 6.25. The molecule has 0 bridgehead atoms. The Bertz CT molecular complexity index is 318. The van der Waals surface area contributed by atoms with Gasteiger partial charge >= 0.3 is 12.3 Å². The van der Waals surface area contributed by atoms with Crippen LogP contribution in [0.3, 0.4) is 0 Å². The third-order valence-corrected chi connectivity index (χ3v) is 1.30. The number of aliphatic carboxylic acids is 1. The molecule has 0 aliphatic heterocycles. The number of hydrogen-bond donors (Lipinski definition) is 1. The molecule has 1 aromatic heterocycles. The summed E-state index contributed by atoms with van der Waals surface area (Å²) in [7, 11) is 0. The van der Waals surface area contributed by atoms with Gasteiger partial charge in [0.2, 0.25) is 0 Å². The van der Waals surface area contributed by atoms with Gasteiger partial charge in [-0.2, -0.15) is 0 Å². The van der Waals surface area contributed by atoms with Crippen LogP contribution in [0.15, 0.2) is 12.4 Å². The highest BCUT2D eigenvalue weighted by Gasteiger charge is 2.32. The van der Waals surface area contributed by atoms with E-state index in [0.29, 0.717) is 6.20 Å². The molecule has 0 amide bonds. The van der Waals surface area contributed by atoms with E-state index in [-0.39, 0.29) is 4.57 Å². The fourth-order valence-corrected chi connectivity index (χ4v) is 0.831. The van der Waals surface area contributed by atoms with Gasteiger partial charge in [-0.05, 0) is 0 Å². The molecule has 0 unspecified atom stereocenters. The van der Waals surface area contributed by atoms with Gasteiger partial charge in [0, 0.05) is 12.4 Å². The molecule has 4 nitrogen and oxygen atoms in total. The Balaban J connectivity index is 2.96. The van der Waals surface area contributed by atoms with Crippen LogP contribution in [0.5, 0.6) is 0 Å². The van der Waals surface area contributed by atoms with Crippen molar-refractivity contribution in [3.8, 4) is 0 Å². The highest BCUT2D eigenvalue weighted by molar-refractivity contribution is 5.69. The summed E-state index contributed by atoms with van der Waals surface area (Å²) in [4.78, 5) is 13.4. The molecule has 7 heteroatoms. The maximum absolute atomic E-state index is 12.1. The number of hydrogen-bond acceptors (Lipinski definition) is 2. The summed E-state index contributed by atoms with van der Waals surface area (Å²) in [5.74, 6) is -1.88. The second-order valence-electron chi connectivity index (χ2n) is 2.25. The summed E-state index contributed by atoms with van der Waals surface area (Å²) in [5.41, 5.74) is 0. The Morgan fingerprint density at radius 2 is 2.23 bits per heavy atom. The minimum Gasteiger partial charge on any atom is -0.481 e. The van der Waals surface area contributed by atoms with Gasteiger partial charge in [0.25, 0.3) is 0 Å². The number of halogens is 3. The Kier molecular flexibility index (Phi) is 2.26. The third kappa shape index (κ3) is 2.20. The van der Waals surface area contributed by atoms with Crippen molar-refractivity contribution >= 4 is 5.97 Å². The summed E-state index contributed by atoms with van der Waals surface area (Å²) in [6, 6.07) is 0. The standard InChI is InChI=1S/C6H5F3N2O2/c7-6(8,9)11-2-1-10-4(11)3-5(12)13/h1-2H,3H2,(H,12,13). The second kappa shape index (κ2) is 3.08. The van der Waals surface area contributed by atoms with Crippen LogP contribution in [0.25, 0.3) is 0 Å². The molecule has 0 spiro atoms. The largest absolute Gasteiger partial charge is 0.489 e. The molecule has 72 valence electrons. The molecule has 0 saturated carbocycles. The average Bonchev–Trinajstić information content (AvgIpc) is 2.31. The van der Waals surface area contributed by atoms with E-state index < -0.39 is 24.5 Å². The van der Waals surface area contributed by atoms with Crippen molar-refractivity contribution in [3.63, 3.8) is 0 Å². The molecule has 1 heterocycles. The van der Waals surface area contributed by atoms with Gasteiger partial charge in [-0.25, -0.2) is 9.55 Å². The first-order valence-electron chi connectivity index (χ1n) is 3.22. The van der Waals surface area contributed by atoms with Crippen LogP contribution >= 0.6 is 0 Å². The van der Waals surface area contributed by atoms with E-state index in [4.69, 9.17) is 5.11 Å². The molecule has 1 aromatic rings. The van der Waals surface area contributed by atoms with Gasteiger partial charge in [-0.15, -0.1) is 13.2 Å². The van der Waals surface area contributed by atoms with Crippen molar-refractivity contribution in [1.82, 2.24) is 9.55 Å². The number of carbonyl (C=O) groups is 1. The minimum atomic E-state index is -4.61. The third-order valence-electron chi connectivity index (χ3n) is 1.30. The fraction of sp³-hybridized carbons (Fsp3) is 0.333. The van der Waals surface area contributed by atoms with Gasteiger partial charge in [0.15, 0.2) is 0 Å². The predicted octanol–water partition coefficient (Wildman–Crippen LogP) is 0.986. The zero-order valence-electron chi connectivity index (χ0n) is 6.25. The molecule has 13 heavy (non-hydrogen) atoms. The van der Waals surface area contributed by atoms with Crippen molar-refractivity contribution in [3.05, 3.63) is 18.2 Å². The molecule has 0 radical (unpaired) electrons. The predicted molar refractivity (Wildman–Crippen MR) is 34.9 cm³/mol. The summed E-state index contributed by atoms with van der Waals surface area (Å²) in [5, 5.41) is 8.25. The number of rotatable bonds is 2. The van der Waals surface area contributed by atoms with Gasteiger partial charge in [-0.3, -0.25) is 4.79 Å². The number of nitrogens with zero attached hydrogens (tertiary/aromatic N) is 2. The second-order valence-corrected chi connectivity index (χ2v) is 2.25. The van der Waals surface area contributed by atoms with Crippen LogP contribution < -0.4 is 0 Å². The van der Waals surface area contributed by atoms with E-state index in [2.05, 4.69) is 4.98 Å². The molecule has 0 saturated heterocycles. The number of alkyl halides is 3. The van der Waals surface area contributed by atoms with Crippen LogP contribution in [-0.2, 0) is 17.5 Å². The van der Waals surface area contributed by atoms with Crippen molar-refractivity contribution < 1.29 is 23.1 Å². The summed E-state index contributed by atoms with van der Waals surface area (Å²) >= 11 is 0. The normalized spacial score (nSPS) is 11.6.